The van der Waals surface area contributed by atoms with Crippen molar-refractivity contribution < 1.29 is 9.90 Å². The number of hydrogen-bond donors (Lipinski definition) is 2. The highest BCUT2D eigenvalue weighted by Crippen LogP contribution is 2.18. The van der Waals surface area contributed by atoms with Crippen LogP contribution in [0.15, 0.2) is 54.6 Å². The smallest absolute Gasteiger partial charge is 0.325 e. The maximum absolute atomic E-state index is 11.3. The Morgan fingerprint density at radius 1 is 1.16 bits per heavy atom. The van der Waals surface area contributed by atoms with Crippen molar-refractivity contribution in [3.05, 3.63) is 70.7 Å². The summed E-state index contributed by atoms with van der Waals surface area (Å²) in [6.07, 6.45) is 0. The number of nitrogens with one attached hydrogen (secondary N) is 1. The zero-order valence-electron chi connectivity index (χ0n) is 10.2. The first-order valence-electron chi connectivity index (χ1n) is 5.92. The summed E-state index contributed by atoms with van der Waals surface area (Å²) < 4.78 is 0. The van der Waals surface area contributed by atoms with Gasteiger partial charge in [0.05, 0.1) is 0 Å². The van der Waals surface area contributed by atoms with E-state index >= 15 is 0 Å². The van der Waals surface area contributed by atoms with Gasteiger partial charge in [0, 0.05) is 11.6 Å². The van der Waals surface area contributed by atoms with Crippen LogP contribution < -0.4 is 5.32 Å². The molecule has 2 rings (SSSR count). The molecule has 0 bridgehead atoms. The first-order valence-corrected chi connectivity index (χ1v) is 6.30. The molecular formula is C15H14ClNO2. The molecule has 0 amide bonds. The second-order valence-corrected chi connectivity index (χ2v) is 4.63. The highest BCUT2D eigenvalue weighted by atomic mass is 35.5. The Hall–Kier alpha value is -1.84. The lowest BCUT2D eigenvalue weighted by molar-refractivity contribution is -0.139. The number of benzene rings is 2. The molecule has 98 valence electrons. The summed E-state index contributed by atoms with van der Waals surface area (Å²) in [5.74, 6) is -0.918. The fourth-order valence-electron chi connectivity index (χ4n) is 1.85. The van der Waals surface area contributed by atoms with Gasteiger partial charge in [-0.25, -0.2) is 0 Å². The van der Waals surface area contributed by atoms with Crippen LogP contribution in [0.5, 0.6) is 0 Å². The van der Waals surface area contributed by atoms with Crippen molar-refractivity contribution >= 4 is 17.6 Å². The van der Waals surface area contributed by atoms with Crippen LogP contribution in [0.4, 0.5) is 0 Å². The maximum Gasteiger partial charge on any atom is 0.325 e. The van der Waals surface area contributed by atoms with Crippen LogP contribution in [0.25, 0.3) is 0 Å². The molecule has 0 fully saturated rings. The monoisotopic (exact) mass is 275 g/mol. The summed E-state index contributed by atoms with van der Waals surface area (Å²) in [6.45, 7) is 0.490. The van der Waals surface area contributed by atoms with Gasteiger partial charge < -0.3 is 5.11 Å². The molecular weight excluding hydrogens is 262 g/mol. The molecule has 0 saturated carbocycles. The van der Waals surface area contributed by atoms with Crippen LogP contribution in [0, 0.1) is 0 Å². The largest absolute Gasteiger partial charge is 0.480 e. The molecule has 1 atom stereocenters. The minimum absolute atomic E-state index is 0.490. The molecule has 2 N–H and O–H groups in total. The zero-order valence-corrected chi connectivity index (χ0v) is 11.0. The molecule has 0 aliphatic carbocycles. The molecule has 0 spiro atoms. The van der Waals surface area contributed by atoms with Gasteiger partial charge in [-0.2, -0.15) is 0 Å². The van der Waals surface area contributed by atoms with Gasteiger partial charge in [0.25, 0.3) is 0 Å². The third-order valence-electron chi connectivity index (χ3n) is 2.78. The van der Waals surface area contributed by atoms with Gasteiger partial charge in [-0.15, -0.1) is 0 Å². The number of carboxylic acids is 1. The minimum Gasteiger partial charge on any atom is -0.480 e. The number of halogens is 1. The van der Waals surface area contributed by atoms with Gasteiger partial charge in [0.1, 0.15) is 6.04 Å². The van der Waals surface area contributed by atoms with Gasteiger partial charge in [-0.05, 0) is 23.3 Å². The zero-order chi connectivity index (χ0) is 13.7. The van der Waals surface area contributed by atoms with Crippen LogP contribution >= 0.6 is 11.6 Å². The molecule has 0 aromatic heterocycles. The molecule has 1 unspecified atom stereocenters. The van der Waals surface area contributed by atoms with E-state index in [1.54, 1.807) is 24.3 Å². The van der Waals surface area contributed by atoms with E-state index < -0.39 is 12.0 Å². The number of hydrogen-bond acceptors (Lipinski definition) is 2. The van der Waals surface area contributed by atoms with E-state index in [2.05, 4.69) is 5.32 Å². The second kappa shape index (κ2) is 6.36. The van der Waals surface area contributed by atoms with Crippen LogP contribution in [0.1, 0.15) is 17.2 Å². The van der Waals surface area contributed by atoms with Crippen molar-refractivity contribution in [2.75, 3.05) is 0 Å². The first-order chi connectivity index (χ1) is 9.16. The molecule has 0 saturated heterocycles. The molecule has 0 aliphatic rings. The van der Waals surface area contributed by atoms with E-state index in [0.717, 1.165) is 5.56 Å². The van der Waals surface area contributed by atoms with Crippen LogP contribution in [-0.4, -0.2) is 11.1 Å². The molecule has 19 heavy (non-hydrogen) atoms. The highest BCUT2D eigenvalue weighted by Gasteiger charge is 2.19. The number of carboxylic acid groups (broad SMARTS) is 1. The number of rotatable bonds is 5. The molecule has 2 aromatic carbocycles. The molecule has 4 heteroatoms. The van der Waals surface area contributed by atoms with E-state index in [9.17, 15) is 9.90 Å². The van der Waals surface area contributed by atoms with Gasteiger partial charge in [-0.1, -0.05) is 54.1 Å². The lowest BCUT2D eigenvalue weighted by Crippen LogP contribution is -2.28. The lowest BCUT2D eigenvalue weighted by atomic mass is 10.1. The average Bonchev–Trinajstić information content (AvgIpc) is 2.40. The third kappa shape index (κ3) is 3.81. The van der Waals surface area contributed by atoms with E-state index in [-0.39, 0.29) is 0 Å². The van der Waals surface area contributed by atoms with E-state index in [4.69, 9.17) is 11.6 Å². The van der Waals surface area contributed by atoms with E-state index in [1.807, 2.05) is 30.3 Å². The summed E-state index contributed by atoms with van der Waals surface area (Å²) in [5, 5.41) is 12.8. The van der Waals surface area contributed by atoms with Crippen LogP contribution in [-0.2, 0) is 11.3 Å². The molecule has 0 aliphatic heterocycles. The fraction of sp³-hybridized carbons (Fsp3) is 0.133. The second-order valence-electron chi connectivity index (χ2n) is 4.19. The minimum atomic E-state index is -0.918. The Morgan fingerprint density at radius 2 is 1.89 bits per heavy atom. The van der Waals surface area contributed by atoms with Gasteiger partial charge >= 0.3 is 5.97 Å². The Labute approximate surface area is 116 Å². The van der Waals surface area contributed by atoms with E-state index in [1.165, 1.54) is 0 Å². The Bertz CT molecular complexity index is 557. The molecule has 2 aromatic rings. The fourth-order valence-corrected chi connectivity index (χ4v) is 2.05. The van der Waals surface area contributed by atoms with Crippen molar-refractivity contribution in [1.29, 1.82) is 0 Å². The van der Waals surface area contributed by atoms with E-state index in [0.29, 0.717) is 17.1 Å². The molecule has 0 radical (unpaired) electrons. The third-order valence-corrected chi connectivity index (χ3v) is 3.02. The Balaban J connectivity index is 2.11. The maximum atomic E-state index is 11.3. The lowest BCUT2D eigenvalue weighted by Gasteiger charge is -2.15. The first kappa shape index (κ1) is 13.6. The van der Waals surface area contributed by atoms with Gasteiger partial charge in [0.2, 0.25) is 0 Å². The summed E-state index contributed by atoms with van der Waals surface area (Å²) in [7, 11) is 0. The summed E-state index contributed by atoms with van der Waals surface area (Å²) in [5.41, 5.74) is 1.69. The Morgan fingerprint density at radius 3 is 2.53 bits per heavy atom. The van der Waals surface area contributed by atoms with Crippen LogP contribution in [0.2, 0.25) is 5.02 Å². The normalized spacial score (nSPS) is 12.1. The average molecular weight is 276 g/mol. The Kier molecular flexibility index (Phi) is 4.55. The SMILES string of the molecule is O=C(O)C(NCc1ccccc1)c1cccc(Cl)c1. The van der Waals surface area contributed by atoms with Crippen molar-refractivity contribution in [2.45, 2.75) is 12.6 Å². The topological polar surface area (TPSA) is 49.3 Å². The standard InChI is InChI=1S/C15H14ClNO2/c16-13-8-4-7-12(9-13)14(15(18)19)17-10-11-5-2-1-3-6-11/h1-9,14,17H,10H2,(H,18,19). The molecule has 3 nitrogen and oxygen atoms in total. The highest BCUT2D eigenvalue weighted by molar-refractivity contribution is 6.30. The summed E-state index contributed by atoms with van der Waals surface area (Å²) >= 11 is 5.89. The van der Waals surface area contributed by atoms with Crippen LogP contribution in [0.3, 0.4) is 0 Å². The summed E-state index contributed by atoms with van der Waals surface area (Å²) in [4.78, 5) is 11.3. The van der Waals surface area contributed by atoms with Crippen molar-refractivity contribution in [3.63, 3.8) is 0 Å². The number of carbonyl (C=O) groups is 1. The predicted octanol–water partition coefficient (Wildman–Crippen LogP) is 3.26. The van der Waals surface area contributed by atoms with Crippen molar-refractivity contribution in [3.8, 4) is 0 Å². The quantitative estimate of drug-likeness (QED) is 0.881. The number of aliphatic carboxylic acids is 1. The predicted molar refractivity (Wildman–Crippen MR) is 75.1 cm³/mol. The summed E-state index contributed by atoms with van der Waals surface area (Å²) in [6, 6.07) is 15.8. The van der Waals surface area contributed by atoms with Crippen molar-refractivity contribution in [1.82, 2.24) is 5.32 Å². The van der Waals surface area contributed by atoms with Crippen molar-refractivity contribution in [2.24, 2.45) is 0 Å². The van der Waals surface area contributed by atoms with Gasteiger partial charge in [0.15, 0.2) is 0 Å². The molecule has 0 heterocycles. The van der Waals surface area contributed by atoms with Gasteiger partial charge in [-0.3, -0.25) is 10.1 Å².